The summed E-state index contributed by atoms with van der Waals surface area (Å²) in [5.74, 6) is 0. The molecular formula is C21H17IN2O2S. The van der Waals surface area contributed by atoms with E-state index >= 15 is 0 Å². The zero-order valence-electron chi connectivity index (χ0n) is 14.8. The van der Waals surface area contributed by atoms with Crippen molar-refractivity contribution in [2.24, 2.45) is 0 Å². The molecule has 2 aromatic carbocycles. The summed E-state index contributed by atoms with van der Waals surface area (Å²) in [5.41, 5.74) is 2.32. The number of hydrogen-bond donors (Lipinski definition) is 0. The number of imidazole rings is 1. The quantitative estimate of drug-likeness (QED) is 0.209. The molecule has 0 spiro atoms. The van der Waals surface area contributed by atoms with Crippen LogP contribution in [0, 0.1) is 3.57 Å². The molecule has 0 amide bonds. The summed E-state index contributed by atoms with van der Waals surface area (Å²) < 4.78 is 8.69. The molecule has 4 nitrogen and oxygen atoms in total. The Bertz CT molecular complexity index is 1160. The fraction of sp³-hybridized carbons (Fsp3) is 0.143. The van der Waals surface area contributed by atoms with Crippen molar-refractivity contribution in [2.75, 3.05) is 0 Å². The number of aromatic nitrogens is 2. The molecule has 0 radical (unpaired) electrons. The molecule has 27 heavy (non-hydrogen) atoms. The Labute approximate surface area is 174 Å². The smallest absolute Gasteiger partial charge is 0.345 e. The summed E-state index contributed by atoms with van der Waals surface area (Å²) in [4.78, 5) is 17.3. The van der Waals surface area contributed by atoms with Crippen molar-refractivity contribution >= 4 is 45.3 Å². The zero-order chi connectivity index (χ0) is 19.0. The summed E-state index contributed by atoms with van der Waals surface area (Å²) in [6.45, 7) is 4.25. The molecule has 0 aliphatic carbocycles. The molecule has 0 N–H and O–H groups in total. The monoisotopic (exact) mass is 488 g/mol. The predicted octanol–water partition coefficient (Wildman–Crippen LogP) is 5.75. The van der Waals surface area contributed by atoms with Gasteiger partial charge in [-0.3, -0.25) is 4.57 Å². The van der Waals surface area contributed by atoms with E-state index in [1.54, 1.807) is 17.8 Å². The van der Waals surface area contributed by atoms with Crippen molar-refractivity contribution in [3.63, 3.8) is 0 Å². The van der Waals surface area contributed by atoms with Crippen molar-refractivity contribution in [1.29, 1.82) is 0 Å². The Kier molecular flexibility index (Phi) is 5.10. The Balaban J connectivity index is 1.88. The van der Waals surface area contributed by atoms with Crippen LogP contribution in [0.1, 0.15) is 13.8 Å². The van der Waals surface area contributed by atoms with Crippen LogP contribution in [0.2, 0.25) is 0 Å². The van der Waals surface area contributed by atoms with Gasteiger partial charge in [0.1, 0.15) is 5.58 Å². The molecule has 136 valence electrons. The molecule has 0 bridgehead atoms. The van der Waals surface area contributed by atoms with Gasteiger partial charge in [-0.25, -0.2) is 9.78 Å². The van der Waals surface area contributed by atoms with Crippen LogP contribution in [0.5, 0.6) is 0 Å². The van der Waals surface area contributed by atoms with Gasteiger partial charge < -0.3 is 4.42 Å². The summed E-state index contributed by atoms with van der Waals surface area (Å²) in [5, 5.41) is 2.11. The van der Waals surface area contributed by atoms with Crippen molar-refractivity contribution < 1.29 is 4.42 Å². The van der Waals surface area contributed by atoms with Gasteiger partial charge in [0.2, 0.25) is 0 Å². The van der Waals surface area contributed by atoms with Gasteiger partial charge in [-0.1, -0.05) is 43.8 Å². The molecule has 0 saturated heterocycles. The second-order valence-electron chi connectivity index (χ2n) is 6.41. The third-order valence-electron chi connectivity index (χ3n) is 4.04. The highest BCUT2D eigenvalue weighted by atomic mass is 127. The van der Waals surface area contributed by atoms with Gasteiger partial charge in [-0.15, -0.1) is 0 Å². The first-order valence-corrected chi connectivity index (χ1v) is 10.5. The minimum atomic E-state index is -0.373. The number of para-hydroxylation sites is 1. The summed E-state index contributed by atoms with van der Waals surface area (Å²) in [6, 6.07) is 17.6. The molecule has 4 aromatic rings. The first kappa shape index (κ1) is 18.3. The molecule has 2 aromatic heterocycles. The zero-order valence-corrected chi connectivity index (χ0v) is 17.8. The Morgan fingerprint density at radius 1 is 1.11 bits per heavy atom. The Hall–Kier alpha value is -2.06. The van der Waals surface area contributed by atoms with E-state index in [-0.39, 0.29) is 5.63 Å². The van der Waals surface area contributed by atoms with E-state index in [1.807, 2.05) is 35.0 Å². The van der Waals surface area contributed by atoms with E-state index in [0.29, 0.717) is 22.1 Å². The second kappa shape index (κ2) is 7.52. The van der Waals surface area contributed by atoms with Gasteiger partial charge in [0.05, 0.1) is 11.3 Å². The first-order valence-electron chi connectivity index (χ1n) is 8.56. The van der Waals surface area contributed by atoms with Gasteiger partial charge >= 0.3 is 5.63 Å². The van der Waals surface area contributed by atoms with Gasteiger partial charge in [0.15, 0.2) is 5.16 Å². The number of nitrogens with zero attached hydrogens (tertiary/aromatic N) is 2. The van der Waals surface area contributed by atoms with Crippen LogP contribution < -0.4 is 5.63 Å². The number of halogens is 1. The van der Waals surface area contributed by atoms with Crippen molar-refractivity contribution in [2.45, 2.75) is 24.3 Å². The maximum absolute atomic E-state index is 12.5. The lowest BCUT2D eigenvalue weighted by molar-refractivity contribution is 0.563. The van der Waals surface area contributed by atoms with Crippen LogP contribution in [0.25, 0.3) is 27.9 Å². The van der Waals surface area contributed by atoms with E-state index in [0.717, 1.165) is 16.2 Å². The van der Waals surface area contributed by atoms with E-state index < -0.39 is 0 Å². The third-order valence-corrected chi connectivity index (χ3v) is 5.73. The number of rotatable bonds is 4. The standard InChI is InChI=1S/C21H17IN2O2S/c1-13(2)27-21-23-18(12-24(21)16-9-7-15(22)8-10-16)17-11-14-5-3-4-6-19(14)26-20(17)25/h3-13H,1-2H3. The molecule has 0 saturated carbocycles. The average molecular weight is 488 g/mol. The summed E-state index contributed by atoms with van der Waals surface area (Å²) in [6.07, 6.45) is 1.91. The fourth-order valence-electron chi connectivity index (χ4n) is 2.81. The predicted molar refractivity (Wildman–Crippen MR) is 119 cm³/mol. The maximum Gasteiger partial charge on any atom is 0.345 e. The third kappa shape index (κ3) is 3.82. The highest BCUT2D eigenvalue weighted by molar-refractivity contribution is 14.1. The molecule has 0 aliphatic heterocycles. The van der Waals surface area contributed by atoms with Crippen molar-refractivity contribution in [1.82, 2.24) is 9.55 Å². The summed E-state index contributed by atoms with van der Waals surface area (Å²) in [7, 11) is 0. The molecule has 4 rings (SSSR count). The first-order chi connectivity index (χ1) is 13.0. The number of thioether (sulfide) groups is 1. The molecule has 0 unspecified atom stereocenters. The number of fused-ring (bicyclic) bond motifs is 1. The lowest BCUT2D eigenvalue weighted by Gasteiger charge is -2.08. The average Bonchev–Trinajstić information content (AvgIpc) is 3.04. The van der Waals surface area contributed by atoms with Crippen LogP contribution in [0.4, 0.5) is 0 Å². The van der Waals surface area contributed by atoms with Gasteiger partial charge in [-0.05, 0) is 59.0 Å². The van der Waals surface area contributed by atoms with Crippen LogP contribution >= 0.6 is 34.4 Å². The Morgan fingerprint density at radius 2 is 1.85 bits per heavy atom. The van der Waals surface area contributed by atoms with Crippen molar-refractivity contribution in [3.05, 3.63) is 74.8 Å². The SMILES string of the molecule is CC(C)Sc1nc(-c2cc3ccccc3oc2=O)cn1-c1ccc(I)cc1. The lowest BCUT2D eigenvalue weighted by atomic mass is 10.1. The van der Waals surface area contributed by atoms with Crippen LogP contribution in [0.3, 0.4) is 0 Å². The number of hydrogen-bond acceptors (Lipinski definition) is 4. The summed E-state index contributed by atoms with van der Waals surface area (Å²) >= 11 is 3.95. The largest absolute Gasteiger partial charge is 0.422 e. The van der Waals surface area contributed by atoms with Crippen LogP contribution in [-0.4, -0.2) is 14.8 Å². The van der Waals surface area contributed by atoms with E-state index in [4.69, 9.17) is 9.40 Å². The molecule has 0 atom stereocenters. The minimum Gasteiger partial charge on any atom is -0.422 e. The van der Waals surface area contributed by atoms with Gasteiger partial charge in [0.25, 0.3) is 0 Å². The second-order valence-corrected chi connectivity index (χ2v) is 9.20. The highest BCUT2D eigenvalue weighted by Gasteiger charge is 2.16. The Morgan fingerprint density at radius 3 is 2.59 bits per heavy atom. The van der Waals surface area contributed by atoms with E-state index in [9.17, 15) is 4.79 Å². The maximum atomic E-state index is 12.5. The topological polar surface area (TPSA) is 48.0 Å². The fourth-order valence-corrected chi connectivity index (χ4v) is 4.02. The lowest BCUT2D eigenvalue weighted by Crippen LogP contribution is -2.02. The molecular weight excluding hydrogens is 471 g/mol. The van der Waals surface area contributed by atoms with E-state index in [2.05, 4.69) is 60.7 Å². The highest BCUT2D eigenvalue weighted by Crippen LogP contribution is 2.29. The minimum absolute atomic E-state index is 0.371. The van der Waals surface area contributed by atoms with Crippen molar-refractivity contribution in [3.8, 4) is 16.9 Å². The van der Waals surface area contributed by atoms with E-state index in [1.165, 1.54) is 3.57 Å². The molecule has 2 heterocycles. The molecule has 0 fully saturated rings. The van der Waals surface area contributed by atoms with Gasteiger partial charge in [-0.2, -0.15) is 0 Å². The normalized spacial score (nSPS) is 11.4. The molecule has 0 aliphatic rings. The van der Waals surface area contributed by atoms with Gasteiger partial charge in [0, 0.05) is 26.1 Å². The molecule has 6 heteroatoms. The van der Waals surface area contributed by atoms with Crippen LogP contribution in [0.15, 0.2) is 75.2 Å². The van der Waals surface area contributed by atoms with Crippen LogP contribution in [-0.2, 0) is 0 Å². The number of benzene rings is 2.